The Kier molecular flexibility index (Phi) is 4.72. The third-order valence-electron chi connectivity index (χ3n) is 0.615. The lowest BCUT2D eigenvalue weighted by atomic mass is 10.7. The van der Waals surface area contributed by atoms with Crippen molar-refractivity contribution in [2.75, 3.05) is 13.2 Å². The Morgan fingerprint density at radius 3 is 3.00 bits per heavy atom. The van der Waals surface area contributed by atoms with Crippen molar-refractivity contribution in [2.24, 2.45) is 10.7 Å². The molecule has 0 saturated carbocycles. The van der Waals surface area contributed by atoms with Crippen LogP contribution in [0.1, 0.15) is 6.92 Å². The minimum absolute atomic E-state index is 0.347. The first kappa shape index (κ1) is 8.10. The number of aliphatic imine (C=N–C) groups is 1. The SMILES string of the molecule is CCOCC=NC(N)=O. The highest BCUT2D eigenvalue weighted by atomic mass is 16.5. The van der Waals surface area contributed by atoms with Crippen LogP contribution in [0.25, 0.3) is 0 Å². The molecular formula is C5H10N2O2. The van der Waals surface area contributed by atoms with Gasteiger partial charge in [-0.15, -0.1) is 0 Å². The van der Waals surface area contributed by atoms with E-state index in [1.165, 1.54) is 6.21 Å². The van der Waals surface area contributed by atoms with E-state index in [2.05, 4.69) is 10.7 Å². The van der Waals surface area contributed by atoms with Crippen molar-refractivity contribution in [2.45, 2.75) is 6.92 Å². The van der Waals surface area contributed by atoms with Crippen LogP contribution in [0.2, 0.25) is 0 Å². The second-order valence-electron chi connectivity index (χ2n) is 1.31. The monoisotopic (exact) mass is 130 g/mol. The number of hydrogen-bond acceptors (Lipinski definition) is 2. The molecule has 0 heterocycles. The average molecular weight is 130 g/mol. The zero-order valence-corrected chi connectivity index (χ0v) is 5.33. The smallest absolute Gasteiger partial charge is 0.338 e. The molecule has 0 aromatic carbocycles. The molecule has 0 saturated heterocycles. The van der Waals surface area contributed by atoms with Gasteiger partial charge in [0.1, 0.15) is 0 Å². The Labute approximate surface area is 53.7 Å². The van der Waals surface area contributed by atoms with Crippen molar-refractivity contribution < 1.29 is 9.53 Å². The van der Waals surface area contributed by atoms with Crippen LogP contribution >= 0.6 is 0 Å². The molecule has 0 aliphatic rings. The first-order valence-electron chi connectivity index (χ1n) is 2.67. The van der Waals surface area contributed by atoms with Gasteiger partial charge in [0.15, 0.2) is 0 Å². The first-order chi connectivity index (χ1) is 4.27. The molecule has 4 nitrogen and oxygen atoms in total. The number of carbonyl (C=O) groups is 1. The second kappa shape index (κ2) is 5.24. The molecule has 2 N–H and O–H groups in total. The Hall–Kier alpha value is -0.900. The molecule has 0 aromatic heterocycles. The van der Waals surface area contributed by atoms with E-state index in [0.29, 0.717) is 13.2 Å². The molecular weight excluding hydrogens is 120 g/mol. The molecule has 0 rings (SSSR count). The molecule has 0 unspecified atom stereocenters. The zero-order valence-electron chi connectivity index (χ0n) is 5.33. The van der Waals surface area contributed by atoms with Crippen LogP contribution in [0, 0.1) is 0 Å². The second-order valence-corrected chi connectivity index (χ2v) is 1.31. The van der Waals surface area contributed by atoms with Crippen LogP contribution in [-0.4, -0.2) is 25.5 Å². The molecule has 0 radical (unpaired) electrons. The third kappa shape index (κ3) is 7.10. The van der Waals surface area contributed by atoms with E-state index >= 15 is 0 Å². The molecule has 0 fully saturated rings. The summed E-state index contributed by atoms with van der Waals surface area (Å²) in [6.07, 6.45) is 1.34. The van der Waals surface area contributed by atoms with Crippen molar-refractivity contribution >= 4 is 12.2 Å². The third-order valence-corrected chi connectivity index (χ3v) is 0.615. The first-order valence-corrected chi connectivity index (χ1v) is 2.67. The number of primary amides is 1. The number of nitrogens with two attached hydrogens (primary N) is 1. The van der Waals surface area contributed by atoms with Crippen molar-refractivity contribution in [3.05, 3.63) is 0 Å². The van der Waals surface area contributed by atoms with Crippen molar-refractivity contribution in [3.8, 4) is 0 Å². The van der Waals surface area contributed by atoms with E-state index in [-0.39, 0.29) is 0 Å². The fraction of sp³-hybridized carbons (Fsp3) is 0.600. The topological polar surface area (TPSA) is 64.7 Å². The highest BCUT2D eigenvalue weighted by molar-refractivity contribution is 5.82. The Bertz CT molecular complexity index is 112. The van der Waals surface area contributed by atoms with Gasteiger partial charge < -0.3 is 10.5 Å². The Balaban J connectivity index is 3.15. The van der Waals surface area contributed by atoms with E-state index in [1.54, 1.807) is 0 Å². The van der Waals surface area contributed by atoms with Crippen LogP contribution in [0.3, 0.4) is 0 Å². The van der Waals surface area contributed by atoms with Crippen LogP contribution < -0.4 is 5.73 Å². The lowest BCUT2D eigenvalue weighted by molar-refractivity contribution is 0.190. The maximum atomic E-state index is 9.93. The summed E-state index contributed by atoms with van der Waals surface area (Å²) in [5.74, 6) is 0. The van der Waals surface area contributed by atoms with E-state index in [1.807, 2.05) is 6.92 Å². The summed E-state index contributed by atoms with van der Waals surface area (Å²) >= 11 is 0. The van der Waals surface area contributed by atoms with Gasteiger partial charge in [-0.25, -0.2) is 9.79 Å². The Morgan fingerprint density at radius 1 is 1.89 bits per heavy atom. The molecule has 0 spiro atoms. The van der Waals surface area contributed by atoms with Gasteiger partial charge >= 0.3 is 6.03 Å². The molecule has 0 bridgehead atoms. The minimum Gasteiger partial charge on any atom is -0.376 e. The van der Waals surface area contributed by atoms with Gasteiger partial charge in [0.05, 0.1) is 6.61 Å². The summed E-state index contributed by atoms with van der Waals surface area (Å²) < 4.78 is 4.83. The van der Waals surface area contributed by atoms with Crippen molar-refractivity contribution in [1.82, 2.24) is 0 Å². The average Bonchev–Trinajstić information content (AvgIpc) is 1.80. The minimum atomic E-state index is -0.685. The number of ether oxygens (including phenoxy) is 1. The quantitative estimate of drug-likeness (QED) is 0.437. The maximum absolute atomic E-state index is 9.93. The van der Waals surface area contributed by atoms with E-state index in [9.17, 15) is 4.79 Å². The summed E-state index contributed by atoms with van der Waals surface area (Å²) in [6, 6.07) is -0.685. The van der Waals surface area contributed by atoms with Crippen LogP contribution in [-0.2, 0) is 4.74 Å². The molecule has 0 atom stereocenters. The standard InChI is InChI=1S/C5H10N2O2/c1-2-9-4-3-7-5(6)8/h3H,2,4H2,1H3,(H2,6,8). The number of amides is 2. The molecule has 0 aliphatic carbocycles. The van der Waals surface area contributed by atoms with Crippen molar-refractivity contribution in [3.63, 3.8) is 0 Å². The summed E-state index contributed by atoms with van der Waals surface area (Å²) in [6.45, 7) is 2.82. The fourth-order valence-electron chi connectivity index (χ4n) is 0.298. The normalized spacial score (nSPS) is 10.3. The van der Waals surface area contributed by atoms with E-state index in [0.717, 1.165) is 0 Å². The lowest BCUT2D eigenvalue weighted by Crippen LogP contribution is -2.05. The van der Waals surface area contributed by atoms with Gasteiger partial charge in [0.2, 0.25) is 0 Å². The predicted octanol–water partition coefficient (Wildman–Crippen LogP) is 0.172. The van der Waals surface area contributed by atoms with E-state index in [4.69, 9.17) is 4.74 Å². The molecule has 2 amide bonds. The largest absolute Gasteiger partial charge is 0.376 e. The van der Waals surface area contributed by atoms with Gasteiger partial charge in [-0.1, -0.05) is 0 Å². The molecule has 0 aromatic rings. The number of rotatable bonds is 3. The number of urea groups is 1. The summed E-state index contributed by atoms with van der Waals surface area (Å²) in [5.41, 5.74) is 4.68. The number of hydrogen-bond donors (Lipinski definition) is 1. The van der Waals surface area contributed by atoms with Crippen LogP contribution in [0.5, 0.6) is 0 Å². The van der Waals surface area contributed by atoms with Crippen LogP contribution in [0.4, 0.5) is 4.79 Å². The predicted molar refractivity (Wildman–Crippen MR) is 34.6 cm³/mol. The van der Waals surface area contributed by atoms with Gasteiger partial charge in [-0.2, -0.15) is 0 Å². The van der Waals surface area contributed by atoms with Crippen LogP contribution in [0.15, 0.2) is 4.99 Å². The van der Waals surface area contributed by atoms with Crippen molar-refractivity contribution in [1.29, 1.82) is 0 Å². The Morgan fingerprint density at radius 2 is 2.56 bits per heavy atom. The number of carbonyl (C=O) groups excluding carboxylic acids is 1. The van der Waals surface area contributed by atoms with Gasteiger partial charge in [-0.05, 0) is 6.92 Å². The molecule has 52 valence electrons. The fourth-order valence-corrected chi connectivity index (χ4v) is 0.298. The summed E-state index contributed by atoms with van der Waals surface area (Å²) in [5, 5.41) is 0. The summed E-state index contributed by atoms with van der Waals surface area (Å²) in [4.78, 5) is 13.2. The van der Waals surface area contributed by atoms with E-state index < -0.39 is 6.03 Å². The number of nitrogens with zero attached hydrogens (tertiary/aromatic N) is 1. The maximum Gasteiger partial charge on any atom is 0.338 e. The van der Waals surface area contributed by atoms with Gasteiger partial charge in [-0.3, -0.25) is 0 Å². The van der Waals surface area contributed by atoms with Gasteiger partial charge in [0.25, 0.3) is 0 Å². The molecule has 9 heavy (non-hydrogen) atoms. The zero-order chi connectivity index (χ0) is 7.11. The summed E-state index contributed by atoms with van der Waals surface area (Å²) in [7, 11) is 0. The molecule has 0 aliphatic heterocycles. The highest BCUT2D eigenvalue weighted by Gasteiger charge is 1.80. The molecule has 4 heteroatoms. The highest BCUT2D eigenvalue weighted by Crippen LogP contribution is 1.69. The van der Waals surface area contributed by atoms with Gasteiger partial charge in [0, 0.05) is 12.8 Å². The lowest BCUT2D eigenvalue weighted by Gasteiger charge is -1.89.